The molecule has 2 aliphatic rings. The maximum atomic E-state index is 10.9. The summed E-state index contributed by atoms with van der Waals surface area (Å²) in [5, 5.41) is 30.4. The predicted molar refractivity (Wildman–Crippen MR) is 138 cm³/mol. The highest BCUT2D eigenvalue weighted by atomic mass is 16.3. The van der Waals surface area contributed by atoms with Gasteiger partial charge in [-0.3, -0.25) is 0 Å². The normalized spacial score (nSPS) is 24.7. The molecule has 0 radical (unpaired) electrons. The van der Waals surface area contributed by atoms with E-state index in [-0.39, 0.29) is 12.0 Å². The molecule has 0 amide bonds. The third-order valence-electron chi connectivity index (χ3n) is 7.89. The first-order valence-corrected chi connectivity index (χ1v) is 12.6. The molecule has 0 spiro atoms. The molecule has 2 saturated carbocycles. The molecule has 4 N–H and O–H groups in total. The smallest absolute Gasteiger partial charge is 0.145 e. The van der Waals surface area contributed by atoms with Crippen molar-refractivity contribution in [2.75, 3.05) is 17.7 Å². The topological polar surface area (TPSA) is 108 Å². The number of aromatic nitrogens is 4. The first-order chi connectivity index (χ1) is 17.1. The summed E-state index contributed by atoms with van der Waals surface area (Å²) in [7, 11) is 1.83. The second-order valence-electron chi connectivity index (χ2n) is 10.0. The Bertz CT molecular complexity index is 1350. The number of pyridine rings is 1. The number of aliphatic hydroxyl groups is 2. The largest absolute Gasteiger partial charge is 0.390 e. The van der Waals surface area contributed by atoms with Gasteiger partial charge in [0, 0.05) is 24.7 Å². The minimum absolute atomic E-state index is 0.00771. The lowest BCUT2D eigenvalue weighted by Gasteiger charge is -2.26. The van der Waals surface area contributed by atoms with Crippen molar-refractivity contribution in [2.45, 2.75) is 62.8 Å². The van der Waals surface area contributed by atoms with Crippen molar-refractivity contribution >= 4 is 33.6 Å². The van der Waals surface area contributed by atoms with Crippen LogP contribution >= 0.6 is 0 Å². The van der Waals surface area contributed by atoms with Gasteiger partial charge in [-0.05, 0) is 74.3 Å². The lowest BCUT2D eigenvalue weighted by Crippen LogP contribution is -2.29. The highest BCUT2D eigenvalue weighted by Gasteiger charge is 2.42. The van der Waals surface area contributed by atoms with E-state index in [0.29, 0.717) is 12.5 Å². The van der Waals surface area contributed by atoms with Crippen LogP contribution in [0.4, 0.5) is 11.6 Å². The zero-order valence-corrected chi connectivity index (χ0v) is 19.9. The van der Waals surface area contributed by atoms with Crippen molar-refractivity contribution in [2.24, 2.45) is 5.92 Å². The fraction of sp³-hybridized carbons (Fsp3) is 0.444. The molecule has 1 aromatic carbocycles. The van der Waals surface area contributed by atoms with E-state index in [9.17, 15) is 10.2 Å². The van der Waals surface area contributed by atoms with Gasteiger partial charge in [-0.15, -0.1) is 0 Å². The first kappa shape index (κ1) is 22.2. The van der Waals surface area contributed by atoms with E-state index < -0.39 is 12.2 Å². The lowest BCUT2D eigenvalue weighted by molar-refractivity contribution is 0.00545. The summed E-state index contributed by atoms with van der Waals surface area (Å²) in [5.74, 6) is 1.71. The summed E-state index contributed by atoms with van der Waals surface area (Å²) in [6.45, 7) is 0. The van der Waals surface area contributed by atoms with Gasteiger partial charge in [0.2, 0.25) is 0 Å². The summed E-state index contributed by atoms with van der Waals surface area (Å²) in [6, 6.07) is 12.9. The van der Waals surface area contributed by atoms with Gasteiger partial charge in [0.05, 0.1) is 23.0 Å². The highest BCUT2D eigenvalue weighted by molar-refractivity contribution is 5.87. The quantitative estimate of drug-likeness (QED) is 0.323. The molecule has 8 heteroatoms. The lowest BCUT2D eigenvalue weighted by atomic mass is 9.93. The fourth-order valence-electron chi connectivity index (χ4n) is 5.61. The Morgan fingerprint density at radius 3 is 2.71 bits per heavy atom. The molecule has 8 nitrogen and oxygen atoms in total. The van der Waals surface area contributed by atoms with Crippen LogP contribution in [0.15, 0.2) is 48.9 Å². The number of benzene rings is 1. The number of aryl methyl sites for hydroxylation is 1. The molecule has 35 heavy (non-hydrogen) atoms. The Morgan fingerprint density at radius 1 is 1.06 bits per heavy atom. The van der Waals surface area contributed by atoms with E-state index in [1.807, 2.05) is 23.9 Å². The van der Waals surface area contributed by atoms with Gasteiger partial charge in [-0.1, -0.05) is 12.1 Å². The standard InChI is InChI=1S/C27H32N6O2/c1-28-26-20-11-12-33(27(20)30-15-29-26)22-14-18(24(34)25(22)35)8-6-16-5-7-17-9-10-23(32-21(17)13-16)31-19-3-2-4-19/h5,7,9-13,15,18-19,22,24-25,34-35H,2-4,6,8,14H2,1H3,(H,31,32)(H,28,29,30)/t18-,22+,24+,25-/m0/s1. The zero-order chi connectivity index (χ0) is 23.9. The number of anilines is 2. The van der Waals surface area contributed by atoms with Crippen LogP contribution in [0.2, 0.25) is 0 Å². The third-order valence-corrected chi connectivity index (χ3v) is 7.89. The van der Waals surface area contributed by atoms with Gasteiger partial charge in [-0.25, -0.2) is 15.0 Å². The second kappa shape index (κ2) is 9.09. The molecule has 4 aromatic rings. The van der Waals surface area contributed by atoms with Crippen LogP contribution in [0.3, 0.4) is 0 Å². The van der Waals surface area contributed by atoms with E-state index in [2.05, 4.69) is 50.9 Å². The molecule has 0 saturated heterocycles. The Morgan fingerprint density at radius 2 is 1.91 bits per heavy atom. The van der Waals surface area contributed by atoms with Crippen LogP contribution in [0, 0.1) is 5.92 Å². The molecule has 0 unspecified atom stereocenters. The van der Waals surface area contributed by atoms with E-state index in [1.54, 1.807) is 0 Å². The van der Waals surface area contributed by atoms with Crippen LogP contribution in [0.25, 0.3) is 21.9 Å². The molecule has 0 bridgehead atoms. The molecule has 182 valence electrons. The molecule has 6 rings (SSSR count). The van der Waals surface area contributed by atoms with Crippen molar-refractivity contribution in [1.82, 2.24) is 19.5 Å². The van der Waals surface area contributed by atoms with Crippen molar-refractivity contribution in [1.29, 1.82) is 0 Å². The van der Waals surface area contributed by atoms with Crippen molar-refractivity contribution in [3.63, 3.8) is 0 Å². The van der Waals surface area contributed by atoms with Crippen LogP contribution in [-0.2, 0) is 6.42 Å². The summed E-state index contributed by atoms with van der Waals surface area (Å²) < 4.78 is 1.99. The van der Waals surface area contributed by atoms with Crippen LogP contribution in [0.1, 0.15) is 43.7 Å². The number of hydrogen-bond donors (Lipinski definition) is 4. The molecule has 3 aromatic heterocycles. The third kappa shape index (κ3) is 4.10. The summed E-state index contributed by atoms with van der Waals surface area (Å²) in [4.78, 5) is 13.5. The van der Waals surface area contributed by atoms with Crippen LogP contribution in [0.5, 0.6) is 0 Å². The number of aliphatic hydroxyl groups excluding tert-OH is 2. The molecule has 4 atom stereocenters. The zero-order valence-electron chi connectivity index (χ0n) is 19.9. The molecule has 3 heterocycles. The minimum Gasteiger partial charge on any atom is -0.390 e. The molecule has 0 aliphatic heterocycles. The first-order valence-electron chi connectivity index (χ1n) is 12.6. The van der Waals surface area contributed by atoms with Crippen LogP contribution in [-0.4, -0.2) is 55.0 Å². The van der Waals surface area contributed by atoms with Gasteiger partial charge in [0.25, 0.3) is 0 Å². The average molecular weight is 473 g/mol. The van der Waals surface area contributed by atoms with Gasteiger partial charge in [0.15, 0.2) is 0 Å². The van der Waals surface area contributed by atoms with E-state index in [0.717, 1.165) is 46.4 Å². The Hall–Kier alpha value is -3.23. The monoisotopic (exact) mass is 472 g/mol. The van der Waals surface area contributed by atoms with Gasteiger partial charge in [0.1, 0.15) is 29.7 Å². The fourth-order valence-corrected chi connectivity index (χ4v) is 5.61. The number of nitrogens with one attached hydrogen (secondary N) is 2. The van der Waals surface area contributed by atoms with E-state index in [1.165, 1.54) is 31.2 Å². The highest BCUT2D eigenvalue weighted by Crippen LogP contribution is 2.40. The summed E-state index contributed by atoms with van der Waals surface area (Å²) in [5.41, 5.74) is 2.97. The molecular formula is C27H32N6O2. The Labute approximate surface area is 204 Å². The van der Waals surface area contributed by atoms with Crippen molar-refractivity contribution in [3.8, 4) is 0 Å². The summed E-state index contributed by atoms with van der Waals surface area (Å²) in [6.07, 6.45) is 7.94. The number of nitrogens with zero attached hydrogens (tertiary/aromatic N) is 4. The van der Waals surface area contributed by atoms with Gasteiger partial charge >= 0.3 is 0 Å². The molecule has 2 aliphatic carbocycles. The maximum Gasteiger partial charge on any atom is 0.145 e. The second-order valence-corrected chi connectivity index (χ2v) is 10.0. The molecular weight excluding hydrogens is 440 g/mol. The maximum absolute atomic E-state index is 10.9. The van der Waals surface area contributed by atoms with Gasteiger partial charge < -0.3 is 25.4 Å². The number of rotatable bonds is 7. The van der Waals surface area contributed by atoms with E-state index in [4.69, 9.17) is 4.98 Å². The summed E-state index contributed by atoms with van der Waals surface area (Å²) >= 11 is 0. The molecule has 2 fully saturated rings. The Kier molecular flexibility index (Phi) is 5.78. The number of fused-ring (bicyclic) bond motifs is 2. The van der Waals surface area contributed by atoms with E-state index >= 15 is 0 Å². The van der Waals surface area contributed by atoms with Crippen molar-refractivity contribution in [3.05, 3.63) is 54.5 Å². The Balaban J connectivity index is 1.16. The predicted octanol–water partition coefficient (Wildman–Crippen LogP) is 3.90. The minimum atomic E-state index is -0.831. The average Bonchev–Trinajstić information content (AvgIpc) is 3.40. The number of hydrogen-bond acceptors (Lipinski definition) is 7. The van der Waals surface area contributed by atoms with Gasteiger partial charge in [-0.2, -0.15) is 0 Å². The SMILES string of the molecule is CNc1ncnc2c1ccn2[C@@H]1C[C@H](CCc2ccc3ccc(NC4CCC4)nc3c2)[C@@H](O)[C@H]1O. The van der Waals surface area contributed by atoms with Crippen LogP contribution < -0.4 is 10.6 Å². The van der Waals surface area contributed by atoms with Crippen molar-refractivity contribution < 1.29 is 10.2 Å².